The zero-order valence-corrected chi connectivity index (χ0v) is 13.0. The second kappa shape index (κ2) is 6.60. The molecule has 0 spiro atoms. The molecular formula is C18H20N2O3. The van der Waals surface area contributed by atoms with E-state index in [1.165, 1.54) is 5.56 Å². The molecule has 2 aromatic carbocycles. The second-order valence-electron chi connectivity index (χ2n) is 5.72. The van der Waals surface area contributed by atoms with Gasteiger partial charge in [-0.05, 0) is 55.7 Å². The van der Waals surface area contributed by atoms with Gasteiger partial charge in [0.2, 0.25) is 12.7 Å². The van der Waals surface area contributed by atoms with Crippen molar-refractivity contribution in [2.45, 2.75) is 25.8 Å². The Labute approximate surface area is 135 Å². The number of fused-ring (bicyclic) bond motifs is 1. The van der Waals surface area contributed by atoms with Crippen molar-refractivity contribution >= 4 is 11.6 Å². The number of rotatable bonds is 6. The van der Waals surface area contributed by atoms with Crippen LogP contribution >= 0.6 is 0 Å². The van der Waals surface area contributed by atoms with E-state index in [0.29, 0.717) is 12.4 Å². The molecule has 5 heteroatoms. The fourth-order valence-electron chi connectivity index (χ4n) is 2.60. The molecule has 3 N–H and O–H groups in total. The average molecular weight is 312 g/mol. The number of hydrogen-bond donors (Lipinski definition) is 2. The highest BCUT2D eigenvalue weighted by molar-refractivity contribution is 5.93. The van der Waals surface area contributed by atoms with E-state index < -0.39 is 5.91 Å². The number of carbonyl (C=O) groups excluding carboxylic acids is 1. The van der Waals surface area contributed by atoms with E-state index in [4.69, 9.17) is 15.2 Å². The van der Waals surface area contributed by atoms with Crippen LogP contribution in [0.4, 0.5) is 5.69 Å². The molecule has 1 aliphatic rings. The molecule has 2 aromatic rings. The molecule has 23 heavy (non-hydrogen) atoms. The molecule has 1 aliphatic heterocycles. The normalized spacial score (nSPS) is 13.6. The summed E-state index contributed by atoms with van der Waals surface area (Å²) >= 11 is 0. The van der Waals surface area contributed by atoms with Crippen LogP contribution in [0.5, 0.6) is 11.5 Å². The van der Waals surface area contributed by atoms with Crippen molar-refractivity contribution in [1.82, 2.24) is 0 Å². The molecule has 1 amide bonds. The minimum atomic E-state index is -0.415. The van der Waals surface area contributed by atoms with Crippen molar-refractivity contribution in [3.8, 4) is 11.5 Å². The van der Waals surface area contributed by atoms with Crippen LogP contribution in [0.1, 0.15) is 29.3 Å². The molecule has 0 bridgehead atoms. The number of anilines is 1. The van der Waals surface area contributed by atoms with Gasteiger partial charge in [0.15, 0.2) is 11.5 Å². The minimum absolute atomic E-state index is 0.267. The van der Waals surface area contributed by atoms with Gasteiger partial charge in [-0.1, -0.05) is 12.1 Å². The fraction of sp³-hybridized carbons (Fsp3) is 0.278. The molecule has 0 aliphatic carbocycles. The van der Waals surface area contributed by atoms with Crippen LogP contribution in [0.15, 0.2) is 42.5 Å². The Bertz CT molecular complexity index is 715. The topological polar surface area (TPSA) is 73.6 Å². The van der Waals surface area contributed by atoms with E-state index in [-0.39, 0.29) is 6.04 Å². The molecule has 1 unspecified atom stereocenters. The summed E-state index contributed by atoms with van der Waals surface area (Å²) in [6, 6.07) is 13.6. The number of nitrogens with one attached hydrogen (secondary N) is 1. The lowest BCUT2D eigenvalue weighted by atomic mass is 10.1. The predicted molar refractivity (Wildman–Crippen MR) is 88.9 cm³/mol. The summed E-state index contributed by atoms with van der Waals surface area (Å²) < 4.78 is 10.7. The van der Waals surface area contributed by atoms with Crippen LogP contribution in [-0.2, 0) is 6.42 Å². The summed E-state index contributed by atoms with van der Waals surface area (Å²) in [7, 11) is 0. The van der Waals surface area contributed by atoms with Crippen LogP contribution in [0.2, 0.25) is 0 Å². The van der Waals surface area contributed by atoms with Gasteiger partial charge in [0, 0.05) is 17.3 Å². The maximum atomic E-state index is 11.2. The zero-order valence-electron chi connectivity index (χ0n) is 13.0. The highest BCUT2D eigenvalue weighted by Gasteiger charge is 2.13. The van der Waals surface area contributed by atoms with Crippen molar-refractivity contribution in [1.29, 1.82) is 0 Å². The van der Waals surface area contributed by atoms with Crippen LogP contribution in [-0.4, -0.2) is 18.7 Å². The van der Waals surface area contributed by atoms with Crippen molar-refractivity contribution < 1.29 is 14.3 Å². The first-order valence-corrected chi connectivity index (χ1v) is 7.67. The third-order valence-electron chi connectivity index (χ3n) is 3.86. The summed E-state index contributed by atoms with van der Waals surface area (Å²) in [6.07, 6.45) is 1.89. The molecule has 0 saturated heterocycles. The third kappa shape index (κ3) is 3.74. The molecular weight excluding hydrogens is 292 g/mol. The van der Waals surface area contributed by atoms with Gasteiger partial charge >= 0.3 is 0 Å². The lowest BCUT2D eigenvalue weighted by Gasteiger charge is -2.16. The van der Waals surface area contributed by atoms with Gasteiger partial charge in [-0.3, -0.25) is 4.79 Å². The molecule has 0 fully saturated rings. The molecule has 0 saturated carbocycles. The Morgan fingerprint density at radius 3 is 2.87 bits per heavy atom. The monoisotopic (exact) mass is 312 g/mol. The summed E-state index contributed by atoms with van der Waals surface area (Å²) in [5.41, 5.74) is 7.93. The molecule has 1 heterocycles. The Balaban J connectivity index is 1.56. The molecule has 0 radical (unpaired) electrons. The first kappa shape index (κ1) is 15.2. The summed E-state index contributed by atoms with van der Waals surface area (Å²) in [4.78, 5) is 11.2. The van der Waals surface area contributed by atoms with Crippen molar-refractivity contribution in [2.75, 3.05) is 12.1 Å². The maximum absolute atomic E-state index is 11.2. The molecule has 0 aromatic heterocycles. The van der Waals surface area contributed by atoms with Gasteiger partial charge < -0.3 is 20.5 Å². The lowest BCUT2D eigenvalue weighted by Crippen LogP contribution is -2.17. The minimum Gasteiger partial charge on any atom is -0.454 e. The Morgan fingerprint density at radius 2 is 2.04 bits per heavy atom. The van der Waals surface area contributed by atoms with E-state index in [9.17, 15) is 4.79 Å². The number of ether oxygens (including phenoxy) is 2. The van der Waals surface area contributed by atoms with Crippen molar-refractivity contribution in [3.63, 3.8) is 0 Å². The number of amides is 1. The molecule has 120 valence electrons. The van der Waals surface area contributed by atoms with E-state index in [1.54, 1.807) is 12.1 Å². The van der Waals surface area contributed by atoms with Crippen LogP contribution in [0.25, 0.3) is 0 Å². The van der Waals surface area contributed by atoms with Gasteiger partial charge in [0.1, 0.15) is 0 Å². The Morgan fingerprint density at radius 1 is 1.22 bits per heavy atom. The van der Waals surface area contributed by atoms with Gasteiger partial charge in [-0.15, -0.1) is 0 Å². The maximum Gasteiger partial charge on any atom is 0.248 e. The smallest absolute Gasteiger partial charge is 0.248 e. The molecule has 1 atom stereocenters. The van der Waals surface area contributed by atoms with Crippen molar-refractivity contribution in [3.05, 3.63) is 53.6 Å². The zero-order chi connectivity index (χ0) is 16.2. The van der Waals surface area contributed by atoms with Gasteiger partial charge in [0.25, 0.3) is 0 Å². The SMILES string of the molecule is CC(CCc1ccc2c(c1)OCO2)Nc1cccc(C(N)=O)c1. The highest BCUT2D eigenvalue weighted by atomic mass is 16.7. The Hall–Kier alpha value is -2.69. The van der Waals surface area contributed by atoms with E-state index in [0.717, 1.165) is 30.0 Å². The van der Waals surface area contributed by atoms with E-state index in [1.807, 2.05) is 24.3 Å². The second-order valence-corrected chi connectivity index (χ2v) is 5.72. The molecule has 5 nitrogen and oxygen atoms in total. The lowest BCUT2D eigenvalue weighted by molar-refractivity contribution is 0.100. The quantitative estimate of drug-likeness (QED) is 0.860. The van der Waals surface area contributed by atoms with Gasteiger partial charge in [-0.25, -0.2) is 0 Å². The van der Waals surface area contributed by atoms with Crippen LogP contribution < -0.4 is 20.5 Å². The van der Waals surface area contributed by atoms with E-state index in [2.05, 4.69) is 18.3 Å². The van der Waals surface area contributed by atoms with Crippen molar-refractivity contribution in [2.24, 2.45) is 5.73 Å². The number of nitrogens with two attached hydrogens (primary N) is 1. The number of carbonyl (C=O) groups is 1. The molecule has 3 rings (SSSR count). The number of benzene rings is 2. The van der Waals surface area contributed by atoms with E-state index >= 15 is 0 Å². The summed E-state index contributed by atoms with van der Waals surface area (Å²) in [5.74, 6) is 1.21. The third-order valence-corrected chi connectivity index (χ3v) is 3.86. The highest BCUT2D eigenvalue weighted by Crippen LogP contribution is 2.32. The summed E-state index contributed by atoms with van der Waals surface area (Å²) in [5, 5.41) is 3.40. The van der Waals surface area contributed by atoms with Gasteiger partial charge in [-0.2, -0.15) is 0 Å². The predicted octanol–water partition coefficient (Wildman–Crippen LogP) is 2.95. The summed E-state index contributed by atoms with van der Waals surface area (Å²) in [6.45, 7) is 2.41. The van der Waals surface area contributed by atoms with Gasteiger partial charge in [0.05, 0.1) is 0 Å². The fourth-order valence-corrected chi connectivity index (χ4v) is 2.60. The Kier molecular flexibility index (Phi) is 4.37. The number of hydrogen-bond acceptors (Lipinski definition) is 4. The first-order chi connectivity index (χ1) is 11.1. The first-order valence-electron chi connectivity index (χ1n) is 7.67. The number of aryl methyl sites for hydroxylation is 1. The number of primary amides is 1. The largest absolute Gasteiger partial charge is 0.454 e. The average Bonchev–Trinajstić information content (AvgIpc) is 3.01. The van der Waals surface area contributed by atoms with Crippen LogP contribution in [0.3, 0.4) is 0 Å². The standard InChI is InChI=1S/C18H20N2O3/c1-12(20-15-4-2-3-14(10-15)18(19)21)5-6-13-7-8-16-17(9-13)23-11-22-16/h2-4,7-10,12,20H,5-6,11H2,1H3,(H2,19,21). The van der Waals surface area contributed by atoms with Crippen LogP contribution in [0, 0.1) is 0 Å².